The van der Waals surface area contributed by atoms with Gasteiger partial charge in [0.05, 0.1) is 6.61 Å². The molecule has 0 saturated heterocycles. The third kappa shape index (κ3) is 11.8. The lowest BCUT2D eigenvalue weighted by Crippen LogP contribution is -2.30. The van der Waals surface area contributed by atoms with E-state index < -0.39 is 18.8 Å². The maximum atomic E-state index is 11.4. The number of aliphatic hydroxyl groups is 1. The van der Waals surface area contributed by atoms with Gasteiger partial charge >= 0.3 is 12.1 Å². The molecule has 0 radical (unpaired) electrons. The number of carbonyl (C=O) groups is 2. The van der Waals surface area contributed by atoms with Crippen LogP contribution in [0, 0.1) is 0 Å². The SMILES string of the molecule is CCCCCCCCCC(=O)OCC(CO)OC(N)=O. The van der Waals surface area contributed by atoms with Gasteiger partial charge in [-0.25, -0.2) is 4.79 Å². The van der Waals surface area contributed by atoms with E-state index in [1.165, 1.54) is 25.7 Å². The topological polar surface area (TPSA) is 98.8 Å². The maximum absolute atomic E-state index is 11.4. The number of unbranched alkanes of at least 4 members (excludes halogenated alkanes) is 6. The molecule has 0 heterocycles. The van der Waals surface area contributed by atoms with Gasteiger partial charge in [-0.05, 0) is 6.42 Å². The fourth-order valence-corrected chi connectivity index (χ4v) is 1.77. The second-order valence-corrected chi connectivity index (χ2v) is 4.80. The predicted octanol–water partition coefficient (Wildman–Crippen LogP) is 2.13. The van der Waals surface area contributed by atoms with Gasteiger partial charge in [0.1, 0.15) is 6.61 Å². The van der Waals surface area contributed by atoms with Crippen molar-refractivity contribution < 1.29 is 24.2 Å². The number of aliphatic hydroxyl groups excluding tert-OH is 1. The molecule has 0 aromatic heterocycles. The molecule has 0 aliphatic rings. The van der Waals surface area contributed by atoms with Crippen molar-refractivity contribution in [3.8, 4) is 0 Å². The first kappa shape index (κ1) is 18.7. The zero-order valence-electron chi connectivity index (χ0n) is 12.3. The standard InChI is InChI=1S/C14H27NO5/c1-2-3-4-5-6-7-8-9-13(17)19-11-12(10-16)20-14(15)18/h12,16H,2-11H2,1H3,(H2,15,18). The lowest BCUT2D eigenvalue weighted by atomic mass is 10.1. The van der Waals surface area contributed by atoms with Crippen molar-refractivity contribution in [3.63, 3.8) is 0 Å². The fraction of sp³-hybridized carbons (Fsp3) is 0.857. The van der Waals surface area contributed by atoms with Gasteiger partial charge in [0.2, 0.25) is 0 Å². The third-order valence-electron chi connectivity index (χ3n) is 2.90. The summed E-state index contributed by atoms with van der Waals surface area (Å²) in [6.07, 6.45) is 6.38. The van der Waals surface area contributed by atoms with Crippen molar-refractivity contribution in [2.75, 3.05) is 13.2 Å². The first-order valence-electron chi connectivity index (χ1n) is 7.32. The molecule has 6 nitrogen and oxygen atoms in total. The molecular weight excluding hydrogens is 262 g/mol. The fourth-order valence-electron chi connectivity index (χ4n) is 1.77. The van der Waals surface area contributed by atoms with E-state index in [2.05, 4.69) is 11.7 Å². The van der Waals surface area contributed by atoms with Gasteiger partial charge in [0, 0.05) is 6.42 Å². The lowest BCUT2D eigenvalue weighted by molar-refractivity contribution is -0.147. The number of hydrogen-bond acceptors (Lipinski definition) is 5. The van der Waals surface area contributed by atoms with Crippen LogP contribution in [0.5, 0.6) is 0 Å². The van der Waals surface area contributed by atoms with Crippen LogP contribution in [0.25, 0.3) is 0 Å². The molecule has 1 atom stereocenters. The average molecular weight is 289 g/mol. The Morgan fingerprint density at radius 2 is 1.70 bits per heavy atom. The minimum Gasteiger partial charge on any atom is -0.462 e. The normalized spacial score (nSPS) is 11.9. The zero-order chi connectivity index (χ0) is 15.2. The monoisotopic (exact) mass is 289 g/mol. The molecule has 20 heavy (non-hydrogen) atoms. The predicted molar refractivity (Wildman–Crippen MR) is 75.1 cm³/mol. The van der Waals surface area contributed by atoms with Gasteiger partial charge in [0.15, 0.2) is 6.10 Å². The molecule has 0 aromatic rings. The molecule has 1 amide bonds. The molecule has 3 N–H and O–H groups in total. The molecule has 1 unspecified atom stereocenters. The molecule has 0 rings (SSSR count). The van der Waals surface area contributed by atoms with E-state index in [0.717, 1.165) is 19.3 Å². The summed E-state index contributed by atoms with van der Waals surface area (Å²) >= 11 is 0. The summed E-state index contributed by atoms with van der Waals surface area (Å²) in [6, 6.07) is 0. The van der Waals surface area contributed by atoms with E-state index in [1.807, 2.05) is 0 Å². The van der Waals surface area contributed by atoms with Crippen LogP contribution in [0.2, 0.25) is 0 Å². The number of amides is 1. The van der Waals surface area contributed by atoms with Crippen molar-refractivity contribution in [1.29, 1.82) is 0 Å². The Morgan fingerprint density at radius 3 is 2.25 bits per heavy atom. The van der Waals surface area contributed by atoms with E-state index in [0.29, 0.717) is 6.42 Å². The van der Waals surface area contributed by atoms with Crippen LogP contribution in [-0.2, 0) is 14.3 Å². The number of carbonyl (C=O) groups excluding carboxylic acids is 2. The van der Waals surface area contributed by atoms with E-state index >= 15 is 0 Å². The first-order valence-corrected chi connectivity index (χ1v) is 7.32. The van der Waals surface area contributed by atoms with E-state index in [1.54, 1.807) is 0 Å². The Bertz CT molecular complexity index is 270. The average Bonchev–Trinajstić information content (AvgIpc) is 2.42. The Balaban J connectivity index is 3.50. The molecule has 118 valence electrons. The minimum atomic E-state index is -0.993. The van der Waals surface area contributed by atoms with Crippen molar-refractivity contribution >= 4 is 12.1 Å². The quantitative estimate of drug-likeness (QED) is 0.423. The summed E-state index contributed by atoms with van der Waals surface area (Å²) in [5, 5.41) is 8.88. The highest BCUT2D eigenvalue weighted by molar-refractivity contribution is 5.69. The molecule has 0 bridgehead atoms. The molecule has 0 aliphatic carbocycles. The van der Waals surface area contributed by atoms with Crippen molar-refractivity contribution in [2.45, 2.75) is 64.4 Å². The summed E-state index contributed by atoms with van der Waals surface area (Å²) in [6.45, 7) is 1.60. The number of esters is 1. The second kappa shape index (κ2) is 12.7. The van der Waals surface area contributed by atoms with E-state index in [-0.39, 0.29) is 12.6 Å². The van der Waals surface area contributed by atoms with Crippen LogP contribution in [0.1, 0.15) is 58.3 Å². The maximum Gasteiger partial charge on any atom is 0.404 e. The molecule has 0 spiro atoms. The molecule has 0 aliphatic heterocycles. The Morgan fingerprint density at radius 1 is 1.10 bits per heavy atom. The van der Waals surface area contributed by atoms with Gasteiger partial charge in [-0.1, -0.05) is 45.4 Å². The minimum absolute atomic E-state index is 0.158. The first-order chi connectivity index (χ1) is 9.60. The van der Waals surface area contributed by atoms with Gasteiger partial charge in [0.25, 0.3) is 0 Å². The smallest absolute Gasteiger partial charge is 0.404 e. The highest BCUT2D eigenvalue weighted by Crippen LogP contribution is 2.09. The van der Waals surface area contributed by atoms with Gasteiger partial charge in [-0.3, -0.25) is 4.79 Å². The molecular formula is C14H27NO5. The highest BCUT2D eigenvalue weighted by atomic mass is 16.6. The highest BCUT2D eigenvalue weighted by Gasteiger charge is 2.14. The van der Waals surface area contributed by atoms with Crippen LogP contribution in [-0.4, -0.2) is 36.5 Å². The molecule has 0 fully saturated rings. The van der Waals surface area contributed by atoms with Crippen molar-refractivity contribution in [1.82, 2.24) is 0 Å². The summed E-state index contributed by atoms with van der Waals surface area (Å²) in [5.41, 5.74) is 4.81. The zero-order valence-corrected chi connectivity index (χ0v) is 12.3. The van der Waals surface area contributed by atoms with Crippen LogP contribution in [0.4, 0.5) is 4.79 Å². The third-order valence-corrected chi connectivity index (χ3v) is 2.90. The Kier molecular flexibility index (Phi) is 11.9. The van der Waals surface area contributed by atoms with E-state index in [4.69, 9.17) is 15.6 Å². The van der Waals surface area contributed by atoms with Crippen LogP contribution in [0.15, 0.2) is 0 Å². The number of primary amides is 1. The van der Waals surface area contributed by atoms with Crippen LogP contribution in [0.3, 0.4) is 0 Å². The largest absolute Gasteiger partial charge is 0.462 e. The van der Waals surface area contributed by atoms with Crippen LogP contribution >= 0.6 is 0 Å². The van der Waals surface area contributed by atoms with Crippen molar-refractivity contribution in [2.24, 2.45) is 5.73 Å². The van der Waals surface area contributed by atoms with E-state index in [9.17, 15) is 9.59 Å². The lowest BCUT2D eigenvalue weighted by Gasteiger charge is -2.13. The van der Waals surface area contributed by atoms with Gasteiger partial charge < -0.3 is 20.3 Å². The summed E-state index contributed by atoms with van der Waals surface area (Å²) in [5.74, 6) is -0.343. The Labute approximate surface area is 120 Å². The summed E-state index contributed by atoms with van der Waals surface area (Å²) in [4.78, 5) is 21.9. The number of rotatable bonds is 12. The van der Waals surface area contributed by atoms with Gasteiger partial charge in [-0.15, -0.1) is 0 Å². The van der Waals surface area contributed by atoms with Gasteiger partial charge in [-0.2, -0.15) is 0 Å². The number of ether oxygens (including phenoxy) is 2. The Hall–Kier alpha value is -1.30. The number of nitrogens with two attached hydrogens (primary N) is 1. The molecule has 0 aromatic carbocycles. The van der Waals surface area contributed by atoms with Crippen LogP contribution < -0.4 is 5.73 Å². The molecule has 6 heteroatoms. The second-order valence-electron chi connectivity index (χ2n) is 4.80. The summed E-state index contributed by atoms with van der Waals surface area (Å²) in [7, 11) is 0. The van der Waals surface area contributed by atoms with Crippen molar-refractivity contribution in [3.05, 3.63) is 0 Å². The molecule has 0 saturated carbocycles. The number of hydrogen-bond donors (Lipinski definition) is 2. The summed E-state index contributed by atoms with van der Waals surface area (Å²) < 4.78 is 9.45.